The number of carbonyl (C=O) groups excluding carboxylic acids is 3. The number of aliphatic hydroxyl groups is 1. The topological polar surface area (TPSA) is 92.1 Å². The van der Waals surface area contributed by atoms with Gasteiger partial charge in [-0.1, -0.05) is 18.2 Å². The van der Waals surface area contributed by atoms with Crippen molar-refractivity contribution in [2.75, 3.05) is 25.1 Å². The number of carbonyl (C=O) groups is 3. The number of aliphatic hydroxyl groups excluding tert-OH is 1. The molecule has 2 aliphatic heterocycles. The standard InChI is InChI=1S/C20H21N3O5/c1-3-28-20(27)17(24)15-9-8-14-16-11-21(2)18(25)19(26)23(16)13-7-5-4-6-12(13)10-22(14)15/h4-9,16-17,24H,3,10-11H2,1-2H3. The van der Waals surface area contributed by atoms with Gasteiger partial charge >= 0.3 is 17.8 Å². The Labute approximate surface area is 161 Å². The van der Waals surface area contributed by atoms with Gasteiger partial charge in [0.2, 0.25) is 0 Å². The van der Waals surface area contributed by atoms with E-state index in [0.717, 1.165) is 11.3 Å². The summed E-state index contributed by atoms with van der Waals surface area (Å²) in [5, 5.41) is 10.5. The van der Waals surface area contributed by atoms with Gasteiger partial charge in [0.25, 0.3) is 0 Å². The van der Waals surface area contributed by atoms with Gasteiger partial charge in [-0.15, -0.1) is 0 Å². The lowest BCUT2D eigenvalue weighted by Gasteiger charge is -2.38. The number of aromatic nitrogens is 1. The quantitative estimate of drug-likeness (QED) is 0.630. The lowest BCUT2D eigenvalue weighted by Crippen LogP contribution is -2.54. The molecule has 0 bridgehead atoms. The number of likely N-dealkylation sites (N-methyl/N-ethyl adjacent to an activating group) is 1. The van der Waals surface area contributed by atoms with Crippen molar-refractivity contribution >= 4 is 23.5 Å². The number of hydrogen-bond donors (Lipinski definition) is 1. The molecule has 28 heavy (non-hydrogen) atoms. The number of anilines is 1. The number of ether oxygens (including phenoxy) is 1. The average Bonchev–Trinajstić information content (AvgIpc) is 3.03. The highest BCUT2D eigenvalue weighted by Gasteiger charge is 2.43. The second-order valence-electron chi connectivity index (χ2n) is 6.93. The van der Waals surface area contributed by atoms with Crippen LogP contribution in [0.15, 0.2) is 36.4 Å². The Morgan fingerprint density at radius 2 is 1.96 bits per heavy atom. The summed E-state index contributed by atoms with van der Waals surface area (Å²) in [7, 11) is 1.59. The third-order valence-electron chi connectivity index (χ3n) is 5.27. The molecule has 8 heteroatoms. The van der Waals surface area contributed by atoms with Crippen molar-refractivity contribution in [3.05, 3.63) is 53.3 Å². The van der Waals surface area contributed by atoms with Gasteiger partial charge in [0.05, 0.1) is 18.3 Å². The summed E-state index contributed by atoms with van der Waals surface area (Å²) in [5.74, 6) is -1.86. The summed E-state index contributed by atoms with van der Waals surface area (Å²) in [4.78, 5) is 40.2. The first-order valence-electron chi connectivity index (χ1n) is 9.14. The van der Waals surface area contributed by atoms with Gasteiger partial charge in [-0.25, -0.2) is 4.79 Å². The number of fused-ring (bicyclic) bond motifs is 5. The summed E-state index contributed by atoms with van der Waals surface area (Å²) < 4.78 is 6.79. The van der Waals surface area contributed by atoms with E-state index in [1.54, 1.807) is 26.1 Å². The second kappa shape index (κ2) is 6.79. The molecule has 4 rings (SSSR count). The smallest absolute Gasteiger partial charge is 0.341 e. The van der Waals surface area contributed by atoms with Crippen molar-refractivity contribution in [2.24, 2.45) is 0 Å². The first kappa shape index (κ1) is 18.2. The number of piperazine rings is 1. The number of benzene rings is 1. The molecule has 3 heterocycles. The zero-order chi connectivity index (χ0) is 20.0. The predicted molar refractivity (Wildman–Crippen MR) is 99.4 cm³/mol. The van der Waals surface area contributed by atoms with Crippen LogP contribution < -0.4 is 4.90 Å². The number of nitrogens with zero attached hydrogens (tertiary/aromatic N) is 3. The van der Waals surface area contributed by atoms with E-state index in [1.807, 2.05) is 28.8 Å². The number of esters is 1. The van der Waals surface area contributed by atoms with E-state index >= 15 is 0 Å². The van der Waals surface area contributed by atoms with Gasteiger partial charge in [0.15, 0.2) is 6.10 Å². The Morgan fingerprint density at radius 3 is 2.71 bits per heavy atom. The van der Waals surface area contributed by atoms with Crippen LogP contribution in [0.3, 0.4) is 0 Å². The zero-order valence-corrected chi connectivity index (χ0v) is 15.7. The average molecular weight is 383 g/mol. The normalized spacial score (nSPS) is 19.5. The van der Waals surface area contributed by atoms with Crippen LogP contribution in [0.25, 0.3) is 0 Å². The van der Waals surface area contributed by atoms with Crippen molar-refractivity contribution < 1.29 is 24.2 Å². The molecule has 1 fully saturated rings. The highest BCUT2D eigenvalue weighted by Crippen LogP contribution is 2.39. The molecule has 2 amide bonds. The van der Waals surface area contributed by atoms with Crippen LogP contribution in [0.1, 0.15) is 36.0 Å². The minimum atomic E-state index is -1.42. The zero-order valence-electron chi connectivity index (χ0n) is 15.7. The molecule has 2 aliphatic rings. The van der Waals surface area contributed by atoms with E-state index in [2.05, 4.69) is 0 Å². The minimum absolute atomic E-state index is 0.171. The van der Waals surface area contributed by atoms with Gasteiger partial charge in [0.1, 0.15) is 0 Å². The summed E-state index contributed by atoms with van der Waals surface area (Å²) >= 11 is 0. The Bertz CT molecular complexity index is 967. The van der Waals surface area contributed by atoms with Crippen LogP contribution >= 0.6 is 0 Å². The largest absolute Gasteiger partial charge is 0.464 e. The minimum Gasteiger partial charge on any atom is -0.464 e. The van der Waals surface area contributed by atoms with Crippen LogP contribution in [0.5, 0.6) is 0 Å². The molecular weight excluding hydrogens is 362 g/mol. The van der Waals surface area contributed by atoms with Gasteiger partial charge in [-0.3, -0.25) is 14.5 Å². The molecule has 0 aliphatic carbocycles. The molecule has 8 nitrogen and oxygen atoms in total. The number of rotatable bonds is 3. The summed E-state index contributed by atoms with van der Waals surface area (Å²) in [6.07, 6.45) is -1.42. The van der Waals surface area contributed by atoms with E-state index in [9.17, 15) is 19.5 Å². The summed E-state index contributed by atoms with van der Waals surface area (Å²) in [6.45, 7) is 2.53. The van der Waals surface area contributed by atoms with Gasteiger partial charge < -0.3 is 19.3 Å². The Morgan fingerprint density at radius 1 is 1.21 bits per heavy atom. The molecule has 146 valence electrons. The second-order valence-corrected chi connectivity index (χ2v) is 6.93. The molecule has 2 unspecified atom stereocenters. The van der Waals surface area contributed by atoms with Crippen LogP contribution in [0.4, 0.5) is 5.69 Å². The van der Waals surface area contributed by atoms with Crippen molar-refractivity contribution in [1.82, 2.24) is 9.47 Å². The lowest BCUT2D eigenvalue weighted by molar-refractivity contribution is -0.153. The molecule has 0 radical (unpaired) electrons. The Hall–Kier alpha value is -3.13. The third-order valence-corrected chi connectivity index (χ3v) is 5.27. The monoisotopic (exact) mass is 383 g/mol. The fraction of sp³-hybridized carbons (Fsp3) is 0.350. The highest BCUT2D eigenvalue weighted by atomic mass is 16.5. The van der Waals surface area contributed by atoms with Crippen LogP contribution in [0, 0.1) is 0 Å². The maximum atomic E-state index is 12.8. The van der Waals surface area contributed by atoms with E-state index in [0.29, 0.717) is 24.5 Å². The van der Waals surface area contributed by atoms with Gasteiger partial charge in [-0.05, 0) is 30.7 Å². The van der Waals surface area contributed by atoms with Gasteiger partial charge in [-0.2, -0.15) is 0 Å². The molecule has 1 saturated heterocycles. The first-order chi connectivity index (χ1) is 13.4. The highest BCUT2D eigenvalue weighted by molar-refractivity contribution is 6.41. The van der Waals surface area contributed by atoms with E-state index in [4.69, 9.17) is 4.74 Å². The number of amides is 2. The SMILES string of the molecule is CCOC(=O)C(O)c1ccc2n1Cc1ccccc1N1C(=O)C(=O)N(C)CC21. The fourth-order valence-electron chi connectivity index (χ4n) is 3.94. The molecule has 0 saturated carbocycles. The number of hydrogen-bond acceptors (Lipinski definition) is 5. The Kier molecular flexibility index (Phi) is 4.43. The van der Waals surface area contributed by atoms with Crippen molar-refractivity contribution in [3.8, 4) is 0 Å². The predicted octanol–water partition coefficient (Wildman–Crippen LogP) is 0.993. The molecule has 1 aromatic heterocycles. The number of para-hydroxylation sites is 1. The third kappa shape index (κ3) is 2.68. The molecule has 2 atom stereocenters. The van der Waals surface area contributed by atoms with Crippen LogP contribution in [-0.2, 0) is 25.7 Å². The van der Waals surface area contributed by atoms with Crippen molar-refractivity contribution in [2.45, 2.75) is 25.6 Å². The summed E-state index contributed by atoms with van der Waals surface area (Å²) in [5.41, 5.74) is 2.64. The van der Waals surface area contributed by atoms with Crippen LogP contribution in [0.2, 0.25) is 0 Å². The van der Waals surface area contributed by atoms with Gasteiger partial charge in [0, 0.05) is 31.5 Å². The molecule has 0 spiro atoms. The van der Waals surface area contributed by atoms with E-state index in [-0.39, 0.29) is 6.61 Å². The first-order valence-corrected chi connectivity index (χ1v) is 9.14. The van der Waals surface area contributed by atoms with E-state index < -0.39 is 29.9 Å². The maximum absolute atomic E-state index is 12.8. The fourth-order valence-corrected chi connectivity index (χ4v) is 3.94. The molecular formula is C20H21N3O5. The Balaban J connectivity index is 1.86. The lowest BCUT2D eigenvalue weighted by atomic mass is 10.1. The molecule has 1 aromatic carbocycles. The summed E-state index contributed by atoms with van der Waals surface area (Å²) in [6, 6.07) is 10.4. The molecule has 2 aromatic rings. The maximum Gasteiger partial charge on any atom is 0.341 e. The molecule has 1 N–H and O–H groups in total. The van der Waals surface area contributed by atoms with Crippen LogP contribution in [-0.4, -0.2) is 52.6 Å². The van der Waals surface area contributed by atoms with Crippen molar-refractivity contribution in [3.63, 3.8) is 0 Å². The van der Waals surface area contributed by atoms with E-state index in [1.165, 1.54) is 9.80 Å². The van der Waals surface area contributed by atoms with Crippen molar-refractivity contribution in [1.29, 1.82) is 0 Å².